The van der Waals surface area contributed by atoms with E-state index < -0.39 is 5.60 Å². The molecule has 0 saturated heterocycles. The molecule has 0 atom stereocenters. The molecule has 1 aromatic carbocycles. The maximum absolute atomic E-state index is 12.3. The summed E-state index contributed by atoms with van der Waals surface area (Å²) >= 11 is 6.06. The van der Waals surface area contributed by atoms with Gasteiger partial charge in [-0.1, -0.05) is 11.6 Å². The Labute approximate surface area is 135 Å². The van der Waals surface area contributed by atoms with Gasteiger partial charge in [-0.15, -0.1) is 0 Å². The van der Waals surface area contributed by atoms with E-state index in [2.05, 4.69) is 10.3 Å². The Kier molecular flexibility index (Phi) is 2.86. The number of halogens is 1. The van der Waals surface area contributed by atoms with Gasteiger partial charge in [0.25, 0.3) is 5.56 Å². The molecule has 0 saturated carbocycles. The van der Waals surface area contributed by atoms with E-state index in [1.165, 1.54) is 10.6 Å². The number of aromatic nitrogens is 3. The molecule has 3 aromatic rings. The van der Waals surface area contributed by atoms with Gasteiger partial charge in [0.2, 0.25) is 0 Å². The third-order valence-corrected chi connectivity index (χ3v) is 3.85. The van der Waals surface area contributed by atoms with Crippen molar-refractivity contribution in [3.63, 3.8) is 0 Å². The predicted molar refractivity (Wildman–Crippen MR) is 85.6 cm³/mol. The molecule has 0 bridgehead atoms. The molecule has 0 unspecified atom stereocenters. The van der Waals surface area contributed by atoms with Gasteiger partial charge < -0.3 is 4.74 Å². The molecule has 6 nitrogen and oxygen atoms in total. The van der Waals surface area contributed by atoms with Gasteiger partial charge in [0.05, 0.1) is 10.7 Å². The fourth-order valence-corrected chi connectivity index (χ4v) is 2.83. The molecule has 1 aliphatic heterocycles. The van der Waals surface area contributed by atoms with E-state index in [0.717, 1.165) is 5.56 Å². The number of rotatable bonds is 1. The van der Waals surface area contributed by atoms with E-state index in [-0.39, 0.29) is 5.56 Å². The molecule has 0 aliphatic carbocycles. The Balaban J connectivity index is 2.03. The minimum absolute atomic E-state index is 0.178. The Morgan fingerprint density at radius 3 is 2.70 bits per heavy atom. The van der Waals surface area contributed by atoms with Crippen molar-refractivity contribution in [3.05, 3.63) is 57.5 Å². The molecule has 0 fully saturated rings. The van der Waals surface area contributed by atoms with Crippen LogP contribution in [0.25, 0.3) is 16.7 Å². The van der Waals surface area contributed by atoms with Crippen LogP contribution in [-0.2, 0) is 0 Å². The summed E-state index contributed by atoms with van der Waals surface area (Å²) in [6, 6.07) is 6.54. The zero-order valence-corrected chi connectivity index (χ0v) is 13.2. The van der Waals surface area contributed by atoms with Crippen LogP contribution in [-0.4, -0.2) is 20.5 Å². The Morgan fingerprint density at radius 1 is 1.17 bits per heavy atom. The second kappa shape index (κ2) is 4.70. The summed E-state index contributed by atoms with van der Waals surface area (Å²) in [5.74, 6) is 0.613. The number of hydrogen-bond acceptors (Lipinski definition) is 5. The van der Waals surface area contributed by atoms with Crippen LogP contribution in [0.1, 0.15) is 19.4 Å². The highest BCUT2D eigenvalue weighted by Gasteiger charge is 2.29. The summed E-state index contributed by atoms with van der Waals surface area (Å²) in [4.78, 5) is 12.3. The average Bonchev–Trinajstić information content (AvgIpc) is 2.93. The molecule has 2 aromatic heterocycles. The maximum Gasteiger partial charge on any atom is 0.255 e. The van der Waals surface area contributed by atoms with Crippen LogP contribution in [0.5, 0.6) is 5.75 Å². The predicted octanol–water partition coefficient (Wildman–Crippen LogP) is 3.10. The molecule has 0 spiro atoms. The highest BCUT2D eigenvalue weighted by molar-refractivity contribution is 6.30. The van der Waals surface area contributed by atoms with Gasteiger partial charge in [0.15, 0.2) is 0 Å². The van der Waals surface area contributed by atoms with Gasteiger partial charge >= 0.3 is 0 Å². The largest absolute Gasteiger partial charge is 0.483 e. The van der Waals surface area contributed by atoms with E-state index in [1.54, 1.807) is 24.4 Å². The second-order valence-corrected chi connectivity index (χ2v) is 6.33. The zero-order chi connectivity index (χ0) is 16.2. The number of hydrogen-bond donors (Lipinski definition) is 0. The van der Waals surface area contributed by atoms with Crippen molar-refractivity contribution in [2.75, 3.05) is 0 Å². The summed E-state index contributed by atoms with van der Waals surface area (Å²) in [6.45, 7) is 3.83. The van der Waals surface area contributed by atoms with E-state index in [9.17, 15) is 4.79 Å². The number of benzene rings is 1. The summed E-state index contributed by atoms with van der Waals surface area (Å²) in [5, 5.41) is 8.15. The van der Waals surface area contributed by atoms with Gasteiger partial charge in [0, 0.05) is 23.9 Å². The molecule has 4 rings (SSSR count). The molecule has 1 aliphatic rings. The monoisotopic (exact) mass is 329 g/mol. The molecule has 7 heteroatoms. The smallest absolute Gasteiger partial charge is 0.255 e. The molecule has 0 radical (unpaired) electrons. The van der Waals surface area contributed by atoms with Crippen molar-refractivity contribution in [3.8, 4) is 5.75 Å². The first-order valence-electron chi connectivity index (χ1n) is 7.00. The van der Waals surface area contributed by atoms with Crippen LogP contribution >= 0.6 is 11.6 Å². The first kappa shape index (κ1) is 14.0. The summed E-state index contributed by atoms with van der Waals surface area (Å²) in [5.41, 5.74) is 1.84. The third kappa shape index (κ3) is 2.31. The van der Waals surface area contributed by atoms with Gasteiger partial charge in [-0.3, -0.25) is 9.36 Å². The van der Waals surface area contributed by atoms with Crippen molar-refractivity contribution < 1.29 is 9.37 Å². The molecular formula is C16H12ClN3O3. The Bertz CT molecular complexity index is 1020. The van der Waals surface area contributed by atoms with Crippen LogP contribution < -0.4 is 10.3 Å². The third-order valence-electron chi connectivity index (χ3n) is 3.62. The lowest BCUT2D eigenvalue weighted by molar-refractivity contribution is 0.157. The van der Waals surface area contributed by atoms with Crippen LogP contribution in [0.4, 0.5) is 0 Å². The summed E-state index contributed by atoms with van der Waals surface area (Å²) in [7, 11) is 0. The first-order valence-corrected chi connectivity index (χ1v) is 7.38. The number of nitrogens with zero attached hydrogens (tertiary/aromatic N) is 3. The summed E-state index contributed by atoms with van der Waals surface area (Å²) < 4.78 is 12.2. The van der Waals surface area contributed by atoms with E-state index >= 15 is 0 Å². The standard InChI is InChI=1S/C16H12ClN3O3/c1-16(2)7-13(20-8-9(17)3-4-15(20)21)10-5-11-12(19-23-18-11)6-14(10)22-16/h3-8H,1-2H3. The minimum atomic E-state index is -0.588. The lowest BCUT2D eigenvalue weighted by Crippen LogP contribution is -2.32. The van der Waals surface area contributed by atoms with Gasteiger partial charge in [-0.25, -0.2) is 4.63 Å². The van der Waals surface area contributed by atoms with Crippen molar-refractivity contribution in [2.24, 2.45) is 0 Å². The molecule has 3 heterocycles. The molecule has 116 valence electrons. The topological polar surface area (TPSA) is 70.2 Å². The molecule has 23 heavy (non-hydrogen) atoms. The number of fused-ring (bicyclic) bond motifs is 2. The van der Waals surface area contributed by atoms with Gasteiger partial charge in [0.1, 0.15) is 22.4 Å². The highest BCUT2D eigenvalue weighted by Crippen LogP contribution is 2.38. The van der Waals surface area contributed by atoms with Crippen LogP contribution in [0, 0.1) is 0 Å². The highest BCUT2D eigenvalue weighted by atomic mass is 35.5. The fourth-order valence-electron chi connectivity index (χ4n) is 2.67. The molecular weight excluding hydrogens is 318 g/mol. The van der Waals surface area contributed by atoms with Gasteiger partial charge in [-0.05, 0) is 42.4 Å². The Hall–Kier alpha value is -2.60. The van der Waals surface area contributed by atoms with Crippen LogP contribution in [0.3, 0.4) is 0 Å². The number of ether oxygens (including phenoxy) is 1. The van der Waals surface area contributed by atoms with Crippen molar-refractivity contribution in [2.45, 2.75) is 19.4 Å². The van der Waals surface area contributed by atoms with E-state index in [4.69, 9.17) is 21.0 Å². The quantitative estimate of drug-likeness (QED) is 0.686. The number of pyridine rings is 1. The van der Waals surface area contributed by atoms with Crippen molar-refractivity contribution >= 4 is 28.3 Å². The minimum Gasteiger partial charge on any atom is -0.483 e. The fraction of sp³-hybridized carbons (Fsp3) is 0.188. The lowest BCUT2D eigenvalue weighted by atomic mass is 9.98. The molecule has 0 amide bonds. The lowest BCUT2D eigenvalue weighted by Gasteiger charge is -2.31. The zero-order valence-electron chi connectivity index (χ0n) is 12.4. The average molecular weight is 330 g/mol. The molecule has 0 N–H and O–H groups in total. The second-order valence-electron chi connectivity index (χ2n) is 5.89. The van der Waals surface area contributed by atoms with Crippen molar-refractivity contribution in [1.29, 1.82) is 0 Å². The van der Waals surface area contributed by atoms with Crippen LogP contribution in [0.15, 0.2) is 46.0 Å². The van der Waals surface area contributed by atoms with Gasteiger partial charge in [-0.2, -0.15) is 0 Å². The van der Waals surface area contributed by atoms with Crippen LogP contribution in [0.2, 0.25) is 5.02 Å². The van der Waals surface area contributed by atoms with E-state index in [0.29, 0.717) is 27.5 Å². The SMILES string of the molecule is CC1(C)C=C(n2cc(Cl)ccc2=O)c2cc3nonc3cc2O1. The van der Waals surface area contributed by atoms with E-state index in [1.807, 2.05) is 19.9 Å². The summed E-state index contributed by atoms with van der Waals surface area (Å²) in [6.07, 6.45) is 3.47. The maximum atomic E-state index is 12.3. The first-order chi connectivity index (χ1) is 10.9. The Morgan fingerprint density at radius 2 is 1.91 bits per heavy atom. The van der Waals surface area contributed by atoms with Crippen molar-refractivity contribution in [1.82, 2.24) is 14.9 Å². The normalized spacial score (nSPS) is 15.9.